The van der Waals surface area contributed by atoms with Gasteiger partial charge in [-0.15, -0.1) is 0 Å². The first kappa shape index (κ1) is 24.9. The molecule has 0 spiro atoms. The molecule has 2 N–H and O–H groups in total. The van der Waals surface area contributed by atoms with Crippen LogP contribution in [0.2, 0.25) is 0 Å². The van der Waals surface area contributed by atoms with Gasteiger partial charge < -0.3 is 19.9 Å². The van der Waals surface area contributed by atoms with Gasteiger partial charge in [-0.25, -0.2) is 4.98 Å². The minimum absolute atomic E-state index is 0.0467. The maximum Gasteiger partial charge on any atom is 0.251 e. The number of nitrogens with zero attached hydrogens (tertiary/aromatic N) is 2. The van der Waals surface area contributed by atoms with Crippen molar-refractivity contribution >= 4 is 11.6 Å². The zero-order chi connectivity index (χ0) is 26.4. The fourth-order valence-corrected chi connectivity index (χ4v) is 6.58. The van der Waals surface area contributed by atoms with Crippen molar-refractivity contribution in [2.75, 3.05) is 31.1 Å². The number of benzene rings is 1. The summed E-state index contributed by atoms with van der Waals surface area (Å²) < 4.78 is 6.65. The van der Waals surface area contributed by atoms with Gasteiger partial charge in [-0.3, -0.25) is 9.59 Å². The summed E-state index contributed by atoms with van der Waals surface area (Å²) in [5.74, 6) is 2.21. The van der Waals surface area contributed by atoms with Crippen molar-refractivity contribution in [2.45, 2.75) is 64.4 Å². The van der Waals surface area contributed by atoms with Crippen molar-refractivity contribution < 1.29 is 9.53 Å². The Morgan fingerprint density at radius 1 is 1.18 bits per heavy atom. The lowest BCUT2D eigenvalue weighted by Gasteiger charge is -2.28. The van der Waals surface area contributed by atoms with Gasteiger partial charge >= 0.3 is 0 Å². The van der Waals surface area contributed by atoms with Crippen LogP contribution in [-0.4, -0.2) is 47.5 Å². The number of hydrogen-bond donors (Lipinski definition) is 2. The van der Waals surface area contributed by atoms with Crippen molar-refractivity contribution in [3.8, 4) is 16.9 Å². The summed E-state index contributed by atoms with van der Waals surface area (Å²) in [7, 11) is 0. The van der Waals surface area contributed by atoms with E-state index < -0.39 is 0 Å². The van der Waals surface area contributed by atoms with Gasteiger partial charge in [-0.1, -0.05) is 0 Å². The Bertz CT molecular complexity index is 1440. The number of carbonyl (C=O) groups excluding carboxylic acids is 1. The van der Waals surface area contributed by atoms with Crippen molar-refractivity contribution in [2.24, 2.45) is 0 Å². The number of aromatic amines is 1. The Morgan fingerprint density at radius 2 is 2.00 bits per heavy atom. The second-order valence-corrected chi connectivity index (χ2v) is 11.3. The van der Waals surface area contributed by atoms with Crippen LogP contribution < -0.4 is 20.5 Å². The molecule has 6 rings (SSSR count). The fraction of sp³-hybridized carbons (Fsp3) is 0.452. The molecule has 7 heteroatoms. The Hall–Kier alpha value is -3.45. The molecule has 2 atom stereocenters. The molecule has 0 bridgehead atoms. The predicted molar refractivity (Wildman–Crippen MR) is 150 cm³/mol. The van der Waals surface area contributed by atoms with Crippen LogP contribution in [0.3, 0.4) is 0 Å². The number of Topliss-reactive ketones (excluding diaryl/α,β-unsaturated/α-hetero) is 1. The normalized spacial score (nSPS) is 22.2. The molecule has 2 aliphatic heterocycles. The third kappa shape index (κ3) is 4.43. The first-order chi connectivity index (χ1) is 18.3. The first-order valence-electron chi connectivity index (χ1n) is 13.8. The molecule has 1 saturated heterocycles. The van der Waals surface area contributed by atoms with Crippen molar-refractivity contribution in [1.82, 2.24) is 15.3 Å². The highest BCUT2D eigenvalue weighted by molar-refractivity contribution is 5.98. The first-order valence-corrected chi connectivity index (χ1v) is 13.8. The minimum Gasteiger partial charge on any atom is -0.486 e. The Kier molecular flexibility index (Phi) is 6.34. The monoisotopic (exact) mass is 512 g/mol. The molecule has 38 heavy (non-hydrogen) atoms. The van der Waals surface area contributed by atoms with Gasteiger partial charge in [0.05, 0.1) is 0 Å². The van der Waals surface area contributed by atoms with Crippen LogP contribution in [-0.2, 0) is 6.42 Å². The summed E-state index contributed by atoms with van der Waals surface area (Å²) in [6, 6.07) is 10.2. The highest BCUT2D eigenvalue weighted by Crippen LogP contribution is 2.56. The second-order valence-electron chi connectivity index (χ2n) is 11.3. The van der Waals surface area contributed by atoms with Crippen LogP contribution in [0.15, 0.2) is 41.3 Å². The van der Waals surface area contributed by atoms with E-state index in [4.69, 9.17) is 9.72 Å². The quantitative estimate of drug-likeness (QED) is 0.466. The zero-order valence-electron chi connectivity index (χ0n) is 22.5. The van der Waals surface area contributed by atoms with E-state index in [9.17, 15) is 9.59 Å². The highest BCUT2D eigenvalue weighted by atomic mass is 16.5. The van der Waals surface area contributed by atoms with E-state index in [0.717, 1.165) is 85.0 Å². The Balaban J connectivity index is 1.33. The van der Waals surface area contributed by atoms with E-state index >= 15 is 0 Å². The number of aryl methyl sites for hydroxylation is 2. The molecule has 198 valence electrons. The molecular weight excluding hydrogens is 476 g/mol. The molecule has 1 saturated carbocycles. The Morgan fingerprint density at radius 3 is 2.74 bits per heavy atom. The SMILES string of the molecule is Cc1cc(C)c(CCC(=O)c2cc(-c3ccc(N4CCNCC4)nc3)c3c(c2)[C@@H]2CCC[C@]2(C)O3)c(=O)[nH]1. The van der Waals surface area contributed by atoms with Crippen LogP contribution in [0.4, 0.5) is 5.82 Å². The molecule has 0 unspecified atom stereocenters. The van der Waals surface area contributed by atoms with Gasteiger partial charge in [-0.05, 0) is 82.3 Å². The standard InChI is InChI=1S/C31H36N4O3/c1-19-15-20(2)34-30(37)23(19)7-8-27(36)22-16-24(29-25(17-22)26-5-4-10-31(26,3)38-29)21-6-9-28(33-18-21)35-13-11-32-12-14-35/h6,9,15-18,26,32H,4-5,7-8,10-14H2,1-3H3,(H,34,37)/t26-,31-/m0/s1. The van der Waals surface area contributed by atoms with E-state index in [1.54, 1.807) is 0 Å². The summed E-state index contributed by atoms with van der Waals surface area (Å²) >= 11 is 0. The summed E-state index contributed by atoms with van der Waals surface area (Å²) in [6.07, 6.45) is 5.84. The van der Waals surface area contributed by atoms with Crippen molar-refractivity contribution in [3.05, 3.63) is 74.8 Å². The third-order valence-electron chi connectivity index (χ3n) is 8.65. The summed E-state index contributed by atoms with van der Waals surface area (Å²) in [4.78, 5) is 36.0. The molecule has 1 aliphatic carbocycles. The maximum atomic E-state index is 13.5. The smallest absolute Gasteiger partial charge is 0.251 e. The van der Waals surface area contributed by atoms with Gasteiger partial charge in [0.1, 0.15) is 17.2 Å². The maximum absolute atomic E-state index is 13.5. The number of aromatic nitrogens is 2. The number of pyridine rings is 2. The molecule has 4 heterocycles. The van der Waals surface area contributed by atoms with Gasteiger partial charge in [0.2, 0.25) is 0 Å². The number of ether oxygens (including phenoxy) is 1. The molecule has 0 radical (unpaired) electrons. The highest BCUT2D eigenvalue weighted by Gasteiger charge is 2.49. The Labute approximate surface area is 223 Å². The van der Waals surface area contributed by atoms with E-state index in [1.165, 1.54) is 0 Å². The average Bonchev–Trinajstić information content (AvgIpc) is 3.42. The summed E-state index contributed by atoms with van der Waals surface area (Å²) in [5.41, 5.74) is 5.85. The minimum atomic E-state index is -0.223. The second kappa shape index (κ2) is 9.70. The molecule has 0 amide bonds. The van der Waals surface area contributed by atoms with E-state index in [-0.39, 0.29) is 23.4 Å². The van der Waals surface area contributed by atoms with Gasteiger partial charge in [0.15, 0.2) is 5.78 Å². The van der Waals surface area contributed by atoms with Crippen LogP contribution in [0.1, 0.15) is 71.3 Å². The summed E-state index contributed by atoms with van der Waals surface area (Å²) in [6.45, 7) is 9.82. The van der Waals surface area contributed by atoms with Crippen LogP contribution in [0, 0.1) is 13.8 Å². The zero-order valence-corrected chi connectivity index (χ0v) is 22.5. The number of hydrogen-bond acceptors (Lipinski definition) is 6. The fourth-order valence-electron chi connectivity index (χ4n) is 6.58. The van der Waals surface area contributed by atoms with Crippen LogP contribution in [0.5, 0.6) is 5.75 Å². The predicted octanol–water partition coefficient (Wildman–Crippen LogP) is 4.70. The van der Waals surface area contributed by atoms with Crippen molar-refractivity contribution in [1.29, 1.82) is 0 Å². The average molecular weight is 513 g/mol. The lowest BCUT2D eigenvalue weighted by Crippen LogP contribution is -2.43. The van der Waals surface area contributed by atoms with Gasteiger partial charge in [0, 0.05) is 78.2 Å². The number of H-pyrrole nitrogens is 1. The van der Waals surface area contributed by atoms with Crippen molar-refractivity contribution in [3.63, 3.8) is 0 Å². The largest absolute Gasteiger partial charge is 0.486 e. The van der Waals surface area contributed by atoms with Gasteiger partial charge in [-0.2, -0.15) is 0 Å². The lowest BCUT2D eigenvalue weighted by atomic mass is 9.86. The van der Waals surface area contributed by atoms with E-state index in [0.29, 0.717) is 23.5 Å². The molecule has 1 aromatic carbocycles. The number of fused-ring (bicyclic) bond motifs is 3. The number of rotatable bonds is 6. The third-order valence-corrected chi connectivity index (χ3v) is 8.65. The number of ketones is 1. The molecule has 7 nitrogen and oxygen atoms in total. The molecule has 2 fully saturated rings. The molecule has 3 aromatic rings. The number of anilines is 1. The molecule has 3 aliphatic rings. The topological polar surface area (TPSA) is 87.3 Å². The lowest BCUT2D eigenvalue weighted by molar-refractivity contribution is 0.0982. The molecular formula is C31H36N4O3. The van der Waals surface area contributed by atoms with Crippen LogP contribution in [0.25, 0.3) is 11.1 Å². The van der Waals surface area contributed by atoms with Crippen LogP contribution >= 0.6 is 0 Å². The number of carbonyl (C=O) groups is 1. The number of piperazine rings is 1. The molecule has 2 aromatic heterocycles. The van der Waals surface area contributed by atoms with E-state index in [2.05, 4.69) is 40.3 Å². The van der Waals surface area contributed by atoms with E-state index in [1.807, 2.05) is 32.2 Å². The number of nitrogens with one attached hydrogen (secondary N) is 2. The van der Waals surface area contributed by atoms with Gasteiger partial charge in [0.25, 0.3) is 5.56 Å². The summed E-state index contributed by atoms with van der Waals surface area (Å²) in [5, 5.41) is 3.38.